The Labute approximate surface area is 276 Å². The van der Waals surface area contributed by atoms with Crippen LogP contribution in [0.5, 0.6) is 0 Å². The summed E-state index contributed by atoms with van der Waals surface area (Å²) in [6.07, 6.45) is 42.0. The number of hydrogen-bond donors (Lipinski definition) is 1. The molecule has 0 aromatic rings. The first-order chi connectivity index (χ1) is 21.6. The quantitative estimate of drug-likeness (QED) is 0.0550. The molecule has 0 unspecified atom stereocenters. The molecule has 0 rings (SSSR count). The van der Waals surface area contributed by atoms with Crippen molar-refractivity contribution in [2.45, 2.75) is 232 Å². The summed E-state index contributed by atoms with van der Waals surface area (Å²) in [5.74, 6) is 0.478. The Balaban J connectivity index is 3.37. The van der Waals surface area contributed by atoms with Gasteiger partial charge in [-0.15, -0.1) is 0 Å². The van der Waals surface area contributed by atoms with Crippen molar-refractivity contribution in [3.8, 4) is 0 Å². The highest BCUT2D eigenvalue weighted by molar-refractivity contribution is 5.79. The molecule has 0 spiro atoms. The predicted octanol–water partition coefficient (Wildman–Crippen LogP) is 13.1. The molecular formula is C40H79NO3. The van der Waals surface area contributed by atoms with Crippen molar-refractivity contribution in [2.75, 3.05) is 13.1 Å². The largest absolute Gasteiger partial charge is 0.314 e. The summed E-state index contributed by atoms with van der Waals surface area (Å²) in [4.78, 5) is 24.4. The molecule has 0 atom stereocenters. The second-order valence-electron chi connectivity index (χ2n) is 13.9. The summed E-state index contributed by atoms with van der Waals surface area (Å²) in [6.45, 7) is 5.26. The zero-order chi connectivity index (χ0) is 32.2. The molecule has 0 aromatic heterocycles. The third-order valence-electron chi connectivity index (χ3n) is 9.42. The molecule has 262 valence electrons. The van der Waals surface area contributed by atoms with E-state index in [-0.39, 0.29) is 11.6 Å². The van der Waals surface area contributed by atoms with E-state index in [0.717, 1.165) is 25.7 Å². The lowest BCUT2D eigenvalue weighted by Gasteiger charge is -2.13. The van der Waals surface area contributed by atoms with Gasteiger partial charge in [-0.05, 0) is 12.8 Å². The normalized spacial score (nSPS) is 11.5. The van der Waals surface area contributed by atoms with Crippen LogP contribution >= 0.6 is 0 Å². The summed E-state index contributed by atoms with van der Waals surface area (Å²) in [5, 5.41) is 11.3. The number of Topliss-reactive ketones (excluding diaryl/α,β-unsaturated/α-hetero) is 2. The van der Waals surface area contributed by atoms with Crippen molar-refractivity contribution < 1.29 is 14.8 Å². The van der Waals surface area contributed by atoms with E-state index in [9.17, 15) is 14.8 Å². The van der Waals surface area contributed by atoms with Crippen molar-refractivity contribution in [3.63, 3.8) is 0 Å². The lowest BCUT2D eigenvalue weighted by Crippen LogP contribution is -2.25. The minimum Gasteiger partial charge on any atom is -0.314 e. The number of hydrogen-bond acceptors (Lipinski definition) is 4. The number of hydroxylamine groups is 2. The number of nitrogens with zero attached hydrogens (tertiary/aromatic N) is 1. The Kier molecular flexibility index (Phi) is 36.1. The van der Waals surface area contributed by atoms with Gasteiger partial charge in [-0.3, -0.25) is 9.59 Å². The molecule has 0 saturated carbocycles. The van der Waals surface area contributed by atoms with Crippen molar-refractivity contribution in [1.82, 2.24) is 5.06 Å². The molecule has 0 bridgehead atoms. The van der Waals surface area contributed by atoms with E-state index in [2.05, 4.69) is 13.8 Å². The van der Waals surface area contributed by atoms with Crippen LogP contribution in [0.4, 0.5) is 0 Å². The lowest BCUT2D eigenvalue weighted by atomic mass is 10.0. The van der Waals surface area contributed by atoms with Crippen LogP contribution < -0.4 is 0 Å². The summed E-state index contributed by atoms with van der Waals surface area (Å²) in [5.41, 5.74) is 0. The highest BCUT2D eigenvalue weighted by atomic mass is 16.5. The Morgan fingerprint density at radius 1 is 0.341 bits per heavy atom. The highest BCUT2D eigenvalue weighted by Gasteiger charge is 2.09. The second-order valence-corrected chi connectivity index (χ2v) is 13.9. The first-order valence-corrected chi connectivity index (χ1v) is 20.1. The Hall–Kier alpha value is -0.740. The van der Waals surface area contributed by atoms with Crippen LogP contribution in [0.2, 0.25) is 0 Å². The molecule has 0 radical (unpaired) electrons. The SMILES string of the molecule is CCCCCCCCCCCCCCCCCC(=O)CCN(O)CCC(=O)CCCCCCCCCCCCCCCCC. The predicted molar refractivity (Wildman–Crippen MR) is 192 cm³/mol. The van der Waals surface area contributed by atoms with Gasteiger partial charge in [-0.1, -0.05) is 194 Å². The fourth-order valence-corrected chi connectivity index (χ4v) is 6.26. The van der Waals surface area contributed by atoms with Crippen molar-refractivity contribution >= 4 is 11.6 Å². The lowest BCUT2D eigenvalue weighted by molar-refractivity contribution is -0.129. The molecule has 44 heavy (non-hydrogen) atoms. The van der Waals surface area contributed by atoms with E-state index >= 15 is 0 Å². The van der Waals surface area contributed by atoms with Gasteiger partial charge in [0.05, 0.1) is 0 Å². The standard InChI is InChI=1S/C40H79NO3/c1-3-5-7-9-11-13-15-17-19-21-23-25-27-29-31-33-39(42)35-37-41(44)38-36-40(43)34-32-30-28-26-24-22-20-18-16-14-12-10-8-6-4-2/h44H,3-38H2,1-2H3. The third-order valence-corrected chi connectivity index (χ3v) is 9.42. The third kappa shape index (κ3) is 35.7. The number of rotatable bonds is 38. The Morgan fingerprint density at radius 2 is 0.545 bits per heavy atom. The monoisotopic (exact) mass is 622 g/mol. The van der Waals surface area contributed by atoms with E-state index in [1.165, 1.54) is 172 Å². The first-order valence-electron chi connectivity index (χ1n) is 20.1. The van der Waals surface area contributed by atoms with E-state index in [0.29, 0.717) is 38.8 Å². The molecule has 0 fully saturated rings. The smallest absolute Gasteiger partial charge is 0.134 e. The van der Waals surface area contributed by atoms with Gasteiger partial charge in [0.1, 0.15) is 11.6 Å². The summed E-state index contributed by atoms with van der Waals surface area (Å²) >= 11 is 0. The minimum absolute atomic E-state index is 0.239. The minimum atomic E-state index is 0.239. The number of carbonyl (C=O) groups is 2. The molecule has 0 heterocycles. The zero-order valence-corrected chi connectivity index (χ0v) is 30.2. The van der Waals surface area contributed by atoms with Gasteiger partial charge in [0.15, 0.2) is 0 Å². The maximum atomic E-state index is 12.2. The number of unbranched alkanes of at least 4 members (excludes halogenated alkanes) is 28. The van der Waals surface area contributed by atoms with Crippen molar-refractivity contribution in [3.05, 3.63) is 0 Å². The van der Waals surface area contributed by atoms with E-state index < -0.39 is 0 Å². The Morgan fingerprint density at radius 3 is 0.773 bits per heavy atom. The number of ketones is 2. The van der Waals surface area contributed by atoms with Crippen LogP contribution in [0, 0.1) is 0 Å². The maximum Gasteiger partial charge on any atom is 0.134 e. The van der Waals surface area contributed by atoms with Gasteiger partial charge >= 0.3 is 0 Å². The number of carbonyl (C=O) groups excluding carboxylic acids is 2. The van der Waals surface area contributed by atoms with Gasteiger partial charge in [-0.25, -0.2) is 0 Å². The van der Waals surface area contributed by atoms with Gasteiger partial charge in [0.2, 0.25) is 0 Å². The summed E-state index contributed by atoms with van der Waals surface area (Å²) < 4.78 is 0. The fraction of sp³-hybridized carbons (Fsp3) is 0.950. The van der Waals surface area contributed by atoms with Crippen LogP contribution in [0.15, 0.2) is 0 Å². The molecule has 1 N–H and O–H groups in total. The molecule has 0 aromatic carbocycles. The summed E-state index contributed by atoms with van der Waals surface area (Å²) in [6, 6.07) is 0. The molecule has 0 aliphatic carbocycles. The molecule has 0 aliphatic heterocycles. The molecule has 0 amide bonds. The molecule has 0 aliphatic rings. The Bertz CT molecular complexity index is 543. The molecule has 4 nitrogen and oxygen atoms in total. The van der Waals surface area contributed by atoms with Gasteiger partial charge in [0.25, 0.3) is 0 Å². The average molecular weight is 622 g/mol. The van der Waals surface area contributed by atoms with Crippen LogP contribution in [0.3, 0.4) is 0 Å². The summed E-state index contributed by atoms with van der Waals surface area (Å²) in [7, 11) is 0. The van der Waals surface area contributed by atoms with Gasteiger partial charge in [0, 0.05) is 38.8 Å². The van der Waals surface area contributed by atoms with Crippen LogP contribution in [-0.2, 0) is 9.59 Å². The topological polar surface area (TPSA) is 57.6 Å². The average Bonchev–Trinajstić information content (AvgIpc) is 3.02. The zero-order valence-electron chi connectivity index (χ0n) is 30.2. The van der Waals surface area contributed by atoms with Gasteiger partial charge in [-0.2, -0.15) is 5.06 Å². The molecular weight excluding hydrogens is 542 g/mol. The van der Waals surface area contributed by atoms with Crippen LogP contribution in [-0.4, -0.2) is 34.9 Å². The molecule has 4 heteroatoms. The maximum absolute atomic E-state index is 12.2. The van der Waals surface area contributed by atoms with Gasteiger partial charge < -0.3 is 5.21 Å². The second kappa shape index (κ2) is 36.7. The van der Waals surface area contributed by atoms with E-state index in [4.69, 9.17) is 0 Å². The van der Waals surface area contributed by atoms with Crippen molar-refractivity contribution in [1.29, 1.82) is 0 Å². The van der Waals surface area contributed by atoms with Crippen molar-refractivity contribution in [2.24, 2.45) is 0 Å². The first kappa shape index (κ1) is 43.3. The van der Waals surface area contributed by atoms with E-state index in [1.807, 2.05) is 0 Å². The highest BCUT2D eigenvalue weighted by Crippen LogP contribution is 2.15. The fourth-order valence-electron chi connectivity index (χ4n) is 6.26. The molecule has 0 saturated heterocycles. The van der Waals surface area contributed by atoms with Crippen LogP contribution in [0.1, 0.15) is 232 Å². The van der Waals surface area contributed by atoms with E-state index in [1.54, 1.807) is 0 Å². The van der Waals surface area contributed by atoms with Crippen LogP contribution in [0.25, 0.3) is 0 Å².